The molecule has 1 N–H and O–H groups in total. The van der Waals surface area contributed by atoms with Crippen molar-refractivity contribution in [2.24, 2.45) is 0 Å². The first-order valence-electron chi connectivity index (χ1n) is 8.52. The molecule has 0 atom stereocenters. The first-order valence-corrected chi connectivity index (χ1v) is 8.90. The molecule has 1 amide bonds. The highest BCUT2D eigenvalue weighted by Gasteiger charge is 2.12. The van der Waals surface area contributed by atoms with Gasteiger partial charge in [0.15, 0.2) is 23.9 Å². The van der Waals surface area contributed by atoms with E-state index in [1.807, 2.05) is 29.1 Å². The number of aromatic nitrogens is 1. The van der Waals surface area contributed by atoms with Gasteiger partial charge in [-0.2, -0.15) is 0 Å². The van der Waals surface area contributed by atoms with Gasteiger partial charge in [0.2, 0.25) is 0 Å². The van der Waals surface area contributed by atoms with Gasteiger partial charge in [-0.05, 0) is 55.5 Å². The lowest BCUT2D eigenvalue weighted by molar-refractivity contribution is -0.118. The van der Waals surface area contributed by atoms with Gasteiger partial charge in [0, 0.05) is 23.0 Å². The van der Waals surface area contributed by atoms with Gasteiger partial charge in [-0.25, -0.2) is 0 Å². The lowest BCUT2D eigenvalue weighted by atomic mass is 10.1. The fourth-order valence-electron chi connectivity index (χ4n) is 2.65. The van der Waals surface area contributed by atoms with E-state index in [-0.39, 0.29) is 18.3 Å². The molecular formula is C21H19ClN2O4. The summed E-state index contributed by atoms with van der Waals surface area (Å²) in [7, 11) is 1.48. The smallest absolute Gasteiger partial charge is 0.262 e. The summed E-state index contributed by atoms with van der Waals surface area (Å²) in [5.74, 6) is 0.348. The average Bonchev–Trinajstić information content (AvgIpc) is 3.22. The van der Waals surface area contributed by atoms with Crippen LogP contribution in [0.4, 0.5) is 5.69 Å². The van der Waals surface area contributed by atoms with Crippen LogP contribution in [0.2, 0.25) is 5.02 Å². The third kappa shape index (κ3) is 4.53. The minimum atomic E-state index is -0.339. The second-order valence-corrected chi connectivity index (χ2v) is 6.45. The number of benzene rings is 2. The molecule has 7 heteroatoms. The molecule has 1 aromatic heterocycles. The maximum Gasteiger partial charge on any atom is 0.262 e. The average molecular weight is 399 g/mol. The Hall–Kier alpha value is -3.25. The number of nitrogens with one attached hydrogen (secondary N) is 1. The van der Waals surface area contributed by atoms with Gasteiger partial charge < -0.3 is 19.4 Å². The lowest BCUT2D eigenvalue weighted by Crippen LogP contribution is -2.21. The van der Waals surface area contributed by atoms with Crippen molar-refractivity contribution < 1.29 is 19.1 Å². The topological polar surface area (TPSA) is 69.6 Å². The summed E-state index contributed by atoms with van der Waals surface area (Å²) in [4.78, 5) is 23.9. The Balaban J connectivity index is 1.71. The highest BCUT2D eigenvalue weighted by Crippen LogP contribution is 2.29. The van der Waals surface area contributed by atoms with Crippen molar-refractivity contribution in [3.63, 3.8) is 0 Å². The molecule has 3 rings (SSSR count). The van der Waals surface area contributed by atoms with Crippen LogP contribution in [-0.4, -0.2) is 30.0 Å². The summed E-state index contributed by atoms with van der Waals surface area (Å²) in [6, 6.07) is 13.8. The molecule has 0 radical (unpaired) electrons. The Bertz CT molecular complexity index is 1000. The molecule has 3 aromatic rings. The predicted molar refractivity (Wildman–Crippen MR) is 108 cm³/mol. The molecule has 1 heterocycles. The number of ketones is 1. The quantitative estimate of drug-likeness (QED) is 0.600. The number of ether oxygens (including phenoxy) is 2. The number of methoxy groups -OCH3 is 1. The maximum absolute atomic E-state index is 12.4. The SMILES string of the molecule is COc1cc(C(C)=O)ccc1OCC(=O)Nc1ccc(Cl)cc1-n1cccc1. The minimum absolute atomic E-state index is 0.0807. The van der Waals surface area contributed by atoms with E-state index in [2.05, 4.69) is 5.32 Å². The largest absolute Gasteiger partial charge is 0.493 e. The Morgan fingerprint density at radius 2 is 1.82 bits per heavy atom. The van der Waals surface area contributed by atoms with E-state index in [1.54, 1.807) is 36.4 Å². The predicted octanol–water partition coefficient (Wildman–Crippen LogP) is 4.36. The number of halogens is 1. The van der Waals surface area contributed by atoms with Crippen molar-refractivity contribution in [3.8, 4) is 17.2 Å². The first-order chi connectivity index (χ1) is 13.5. The molecule has 0 saturated heterocycles. The molecule has 0 aliphatic carbocycles. The van der Waals surface area contributed by atoms with Crippen LogP contribution >= 0.6 is 11.6 Å². The van der Waals surface area contributed by atoms with Crippen LogP contribution in [0.1, 0.15) is 17.3 Å². The molecule has 0 spiro atoms. The van der Waals surface area contributed by atoms with Gasteiger partial charge in [-0.15, -0.1) is 0 Å². The van der Waals surface area contributed by atoms with E-state index < -0.39 is 0 Å². The van der Waals surface area contributed by atoms with Crippen molar-refractivity contribution in [2.75, 3.05) is 19.0 Å². The molecule has 0 bridgehead atoms. The number of hydrogen-bond donors (Lipinski definition) is 1. The molecule has 0 fully saturated rings. The van der Waals surface area contributed by atoms with Crippen LogP contribution in [0.25, 0.3) is 5.69 Å². The molecule has 0 aliphatic rings. The summed E-state index contributed by atoms with van der Waals surface area (Å²) in [6.45, 7) is 1.25. The van der Waals surface area contributed by atoms with E-state index in [4.69, 9.17) is 21.1 Å². The number of carbonyl (C=O) groups is 2. The van der Waals surface area contributed by atoms with Crippen molar-refractivity contribution in [1.29, 1.82) is 0 Å². The summed E-state index contributed by atoms with van der Waals surface area (Å²) >= 11 is 6.09. The van der Waals surface area contributed by atoms with Crippen LogP contribution < -0.4 is 14.8 Å². The Kier molecular flexibility index (Phi) is 6.01. The Morgan fingerprint density at radius 3 is 2.50 bits per heavy atom. The van der Waals surface area contributed by atoms with E-state index in [0.29, 0.717) is 27.8 Å². The van der Waals surface area contributed by atoms with Gasteiger partial charge >= 0.3 is 0 Å². The molecule has 144 valence electrons. The zero-order chi connectivity index (χ0) is 20.1. The summed E-state index contributed by atoms with van der Waals surface area (Å²) < 4.78 is 12.7. The number of nitrogens with zero attached hydrogens (tertiary/aromatic N) is 1. The Labute approximate surface area is 167 Å². The van der Waals surface area contributed by atoms with Crippen molar-refractivity contribution in [2.45, 2.75) is 6.92 Å². The van der Waals surface area contributed by atoms with Gasteiger partial charge in [0.1, 0.15) is 0 Å². The molecule has 28 heavy (non-hydrogen) atoms. The van der Waals surface area contributed by atoms with E-state index in [1.165, 1.54) is 14.0 Å². The summed E-state index contributed by atoms with van der Waals surface area (Å²) in [5, 5.41) is 3.39. The number of Topliss-reactive ketones (excluding diaryl/α,β-unsaturated/α-hetero) is 1. The summed E-state index contributed by atoms with van der Waals surface area (Å²) in [6.07, 6.45) is 3.72. The van der Waals surface area contributed by atoms with Crippen LogP contribution in [0.3, 0.4) is 0 Å². The van der Waals surface area contributed by atoms with Crippen molar-refractivity contribution in [1.82, 2.24) is 4.57 Å². The van der Waals surface area contributed by atoms with Gasteiger partial charge in [0.25, 0.3) is 5.91 Å². The van der Waals surface area contributed by atoms with E-state index in [0.717, 1.165) is 5.69 Å². The third-order valence-electron chi connectivity index (χ3n) is 4.05. The fraction of sp³-hybridized carbons (Fsp3) is 0.143. The molecule has 0 saturated carbocycles. The van der Waals surface area contributed by atoms with Crippen LogP contribution in [0.15, 0.2) is 60.9 Å². The monoisotopic (exact) mass is 398 g/mol. The van der Waals surface area contributed by atoms with Crippen LogP contribution in [0.5, 0.6) is 11.5 Å². The van der Waals surface area contributed by atoms with Crippen molar-refractivity contribution in [3.05, 3.63) is 71.5 Å². The fourth-order valence-corrected chi connectivity index (χ4v) is 2.82. The zero-order valence-corrected chi connectivity index (χ0v) is 16.2. The molecule has 0 aliphatic heterocycles. The van der Waals surface area contributed by atoms with Crippen LogP contribution in [0, 0.1) is 0 Å². The molecule has 0 unspecified atom stereocenters. The molecule has 2 aromatic carbocycles. The molecular weight excluding hydrogens is 380 g/mol. The lowest BCUT2D eigenvalue weighted by Gasteiger charge is -2.14. The van der Waals surface area contributed by atoms with E-state index in [9.17, 15) is 9.59 Å². The number of anilines is 1. The van der Waals surface area contributed by atoms with Crippen molar-refractivity contribution >= 4 is 29.0 Å². The third-order valence-corrected chi connectivity index (χ3v) is 4.28. The number of rotatable bonds is 7. The zero-order valence-electron chi connectivity index (χ0n) is 15.4. The number of amides is 1. The van der Waals surface area contributed by atoms with Gasteiger partial charge in [0.05, 0.1) is 18.5 Å². The standard InChI is InChI=1S/C21H19ClN2O4/c1-14(25)15-5-8-19(20(11-15)27-2)28-13-21(26)23-17-7-6-16(22)12-18(17)24-9-3-4-10-24/h3-12H,13H2,1-2H3,(H,23,26). The maximum atomic E-state index is 12.4. The number of carbonyl (C=O) groups excluding carboxylic acids is 2. The van der Waals surface area contributed by atoms with Gasteiger partial charge in [-0.3, -0.25) is 9.59 Å². The second kappa shape index (κ2) is 8.63. The Morgan fingerprint density at radius 1 is 1.07 bits per heavy atom. The van der Waals surface area contributed by atoms with Gasteiger partial charge in [-0.1, -0.05) is 11.6 Å². The first kappa shape index (κ1) is 19.5. The molecule has 6 nitrogen and oxygen atoms in total. The number of hydrogen-bond acceptors (Lipinski definition) is 4. The second-order valence-electron chi connectivity index (χ2n) is 6.01. The van der Waals surface area contributed by atoms with Crippen LogP contribution in [-0.2, 0) is 4.79 Å². The summed E-state index contributed by atoms with van der Waals surface area (Å²) in [5.41, 5.74) is 1.86. The highest BCUT2D eigenvalue weighted by atomic mass is 35.5. The highest BCUT2D eigenvalue weighted by molar-refractivity contribution is 6.31. The minimum Gasteiger partial charge on any atom is -0.493 e. The normalized spacial score (nSPS) is 10.4. The van der Waals surface area contributed by atoms with E-state index >= 15 is 0 Å².